The number of pyridine rings is 1. The fourth-order valence-electron chi connectivity index (χ4n) is 5.13. The molecule has 5 rings (SSSR count). The Balaban J connectivity index is 1.19. The molecular weight excluding hydrogens is 454 g/mol. The first-order valence-corrected chi connectivity index (χ1v) is 12.2. The zero-order chi connectivity index (χ0) is 23.8. The lowest BCUT2D eigenvalue weighted by atomic mass is 9.87. The maximum absolute atomic E-state index is 13.1. The van der Waals surface area contributed by atoms with E-state index in [4.69, 9.17) is 22.1 Å². The molecule has 8 nitrogen and oxygen atoms in total. The molecule has 1 aromatic heterocycles. The second-order valence-corrected chi connectivity index (χ2v) is 10.1. The third-order valence-corrected chi connectivity index (χ3v) is 7.32. The third-order valence-electron chi connectivity index (χ3n) is 7.09. The van der Waals surface area contributed by atoms with Crippen LogP contribution in [0.1, 0.15) is 36.9 Å². The molecule has 3 amide bonds. The molecule has 34 heavy (non-hydrogen) atoms. The second-order valence-electron chi connectivity index (χ2n) is 9.69. The lowest BCUT2D eigenvalue weighted by Crippen LogP contribution is -2.62. The molecule has 2 aliphatic heterocycles. The summed E-state index contributed by atoms with van der Waals surface area (Å²) in [7, 11) is 0. The SMILES string of the molecule is NC(=O)Nc1cccc(CCN2CCC3(CC2)CN(Cc2ccc(Cl)cn2)C(=O)C2(CC2)O3)c1. The maximum atomic E-state index is 13.1. The van der Waals surface area contributed by atoms with Crippen molar-refractivity contribution >= 4 is 29.2 Å². The molecule has 180 valence electrons. The van der Waals surface area contributed by atoms with Gasteiger partial charge in [-0.1, -0.05) is 23.7 Å². The van der Waals surface area contributed by atoms with Crippen LogP contribution in [-0.4, -0.2) is 64.1 Å². The molecule has 1 saturated carbocycles. The number of nitrogens with one attached hydrogen (secondary N) is 1. The summed E-state index contributed by atoms with van der Waals surface area (Å²) in [6.45, 7) is 3.88. The molecule has 3 fully saturated rings. The molecule has 0 bridgehead atoms. The number of carbonyl (C=O) groups excluding carboxylic acids is 2. The van der Waals surface area contributed by atoms with Crippen LogP contribution in [0.3, 0.4) is 0 Å². The number of nitrogens with two attached hydrogens (primary N) is 1. The van der Waals surface area contributed by atoms with Gasteiger partial charge in [0.05, 0.1) is 29.4 Å². The van der Waals surface area contributed by atoms with Gasteiger partial charge < -0.3 is 25.6 Å². The zero-order valence-corrected chi connectivity index (χ0v) is 19.9. The van der Waals surface area contributed by atoms with E-state index in [2.05, 4.69) is 21.3 Å². The number of morpholine rings is 1. The molecule has 3 heterocycles. The first-order valence-electron chi connectivity index (χ1n) is 11.8. The van der Waals surface area contributed by atoms with Crippen LogP contribution in [0, 0.1) is 0 Å². The summed E-state index contributed by atoms with van der Waals surface area (Å²) in [5.41, 5.74) is 7.02. The highest BCUT2D eigenvalue weighted by Gasteiger charge is 2.61. The number of nitrogens with zero attached hydrogens (tertiary/aromatic N) is 3. The van der Waals surface area contributed by atoms with Crippen LogP contribution in [0.4, 0.5) is 10.5 Å². The third kappa shape index (κ3) is 5.04. The largest absolute Gasteiger partial charge is 0.357 e. The summed E-state index contributed by atoms with van der Waals surface area (Å²) in [5, 5.41) is 3.22. The van der Waals surface area contributed by atoms with Crippen molar-refractivity contribution in [3.8, 4) is 0 Å². The van der Waals surface area contributed by atoms with Gasteiger partial charge >= 0.3 is 6.03 Å². The highest BCUT2D eigenvalue weighted by molar-refractivity contribution is 6.30. The molecule has 3 aliphatic rings. The lowest BCUT2D eigenvalue weighted by Gasteiger charge is -2.50. The Hall–Kier alpha value is -2.68. The minimum Gasteiger partial charge on any atom is -0.357 e. The van der Waals surface area contributed by atoms with Crippen molar-refractivity contribution in [2.75, 3.05) is 31.5 Å². The van der Waals surface area contributed by atoms with E-state index < -0.39 is 11.6 Å². The van der Waals surface area contributed by atoms with Gasteiger partial charge in [-0.3, -0.25) is 9.78 Å². The van der Waals surface area contributed by atoms with Crippen LogP contribution in [0.15, 0.2) is 42.6 Å². The normalized spacial score (nSPS) is 21.1. The van der Waals surface area contributed by atoms with Gasteiger partial charge in [0, 0.05) is 31.5 Å². The number of amides is 3. The highest BCUT2D eigenvalue weighted by Crippen LogP contribution is 2.50. The monoisotopic (exact) mass is 483 g/mol. The lowest BCUT2D eigenvalue weighted by molar-refractivity contribution is -0.201. The van der Waals surface area contributed by atoms with Gasteiger partial charge in [-0.05, 0) is 61.9 Å². The topological polar surface area (TPSA) is 101 Å². The number of anilines is 1. The van der Waals surface area contributed by atoms with Crippen LogP contribution in [0.2, 0.25) is 5.02 Å². The molecular formula is C25H30ClN5O3. The number of urea groups is 1. The number of hydrogen-bond donors (Lipinski definition) is 2. The summed E-state index contributed by atoms with van der Waals surface area (Å²) in [6, 6.07) is 10.9. The summed E-state index contributed by atoms with van der Waals surface area (Å²) in [4.78, 5) is 33.0. The molecule has 1 aliphatic carbocycles. The zero-order valence-electron chi connectivity index (χ0n) is 19.1. The van der Waals surface area contributed by atoms with E-state index >= 15 is 0 Å². The number of aromatic nitrogens is 1. The molecule has 3 N–H and O–H groups in total. The Morgan fingerprint density at radius 3 is 2.65 bits per heavy atom. The highest BCUT2D eigenvalue weighted by atomic mass is 35.5. The average Bonchev–Trinajstić information content (AvgIpc) is 3.58. The molecule has 2 aromatic rings. The van der Waals surface area contributed by atoms with Gasteiger partial charge in [0.25, 0.3) is 5.91 Å². The number of likely N-dealkylation sites (tertiary alicyclic amines) is 1. The van der Waals surface area contributed by atoms with Crippen LogP contribution in [0.25, 0.3) is 0 Å². The number of benzene rings is 1. The quantitative estimate of drug-likeness (QED) is 0.657. The molecule has 9 heteroatoms. The average molecular weight is 484 g/mol. The number of primary amides is 1. The van der Waals surface area contributed by atoms with E-state index in [1.165, 1.54) is 0 Å². The molecule has 0 radical (unpaired) electrons. The first kappa shape index (κ1) is 23.1. The molecule has 2 saturated heterocycles. The van der Waals surface area contributed by atoms with Crippen LogP contribution in [-0.2, 0) is 22.5 Å². The van der Waals surface area contributed by atoms with Crippen molar-refractivity contribution in [1.82, 2.24) is 14.8 Å². The van der Waals surface area contributed by atoms with Crippen molar-refractivity contribution in [2.45, 2.75) is 49.9 Å². The van der Waals surface area contributed by atoms with Gasteiger partial charge in [-0.15, -0.1) is 0 Å². The summed E-state index contributed by atoms with van der Waals surface area (Å²) in [6.07, 6.45) is 5.92. The number of halogens is 1. The van der Waals surface area contributed by atoms with Crippen molar-refractivity contribution < 1.29 is 14.3 Å². The fraction of sp³-hybridized carbons (Fsp3) is 0.480. The van der Waals surface area contributed by atoms with Crippen molar-refractivity contribution in [3.05, 3.63) is 58.9 Å². The van der Waals surface area contributed by atoms with E-state index in [1.807, 2.05) is 35.2 Å². The van der Waals surface area contributed by atoms with Crippen LogP contribution < -0.4 is 11.1 Å². The van der Waals surface area contributed by atoms with Gasteiger partial charge in [-0.2, -0.15) is 0 Å². The smallest absolute Gasteiger partial charge is 0.316 e. The molecule has 2 spiro atoms. The second kappa shape index (κ2) is 9.17. The predicted molar refractivity (Wildman–Crippen MR) is 129 cm³/mol. The summed E-state index contributed by atoms with van der Waals surface area (Å²) in [5.74, 6) is 0.0988. The fourth-order valence-corrected chi connectivity index (χ4v) is 5.24. The Morgan fingerprint density at radius 1 is 1.18 bits per heavy atom. The number of carbonyl (C=O) groups is 2. The van der Waals surface area contributed by atoms with Crippen molar-refractivity contribution in [3.63, 3.8) is 0 Å². The Labute approximate surface area is 204 Å². The van der Waals surface area contributed by atoms with E-state index in [1.54, 1.807) is 6.20 Å². The summed E-state index contributed by atoms with van der Waals surface area (Å²) < 4.78 is 6.57. The Bertz CT molecular complexity index is 1060. The van der Waals surface area contributed by atoms with Crippen molar-refractivity contribution in [1.29, 1.82) is 0 Å². The number of ether oxygens (including phenoxy) is 1. The molecule has 0 unspecified atom stereocenters. The maximum Gasteiger partial charge on any atom is 0.316 e. The number of piperidine rings is 1. The van der Waals surface area contributed by atoms with E-state index in [0.717, 1.165) is 63.0 Å². The van der Waals surface area contributed by atoms with E-state index in [0.29, 0.717) is 23.8 Å². The number of hydrogen-bond acceptors (Lipinski definition) is 5. The summed E-state index contributed by atoms with van der Waals surface area (Å²) >= 11 is 5.97. The predicted octanol–water partition coefficient (Wildman–Crippen LogP) is 3.19. The van der Waals surface area contributed by atoms with Crippen LogP contribution in [0.5, 0.6) is 0 Å². The van der Waals surface area contributed by atoms with Gasteiger partial charge in [-0.25, -0.2) is 4.79 Å². The van der Waals surface area contributed by atoms with Crippen LogP contribution >= 0.6 is 11.6 Å². The van der Waals surface area contributed by atoms with Gasteiger partial charge in [0.2, 0.25) is 0 Å². The minimum atomic E-state index is -0.624. The number of rotatable bonds is 6. The molecule has 0 atom stereocenters. The minimum absolute atomic E-state index is 0.0988. The van der Waals surface area contributed by atoms with E-state index in [-0.39, 0.29) is 11.5 Å². The van der Waals surface area contributed by atoms with Crippen molar-refractivity contribution in [2.24, 2.45) is 5.73 Å². The van der Waals surface area contributed by atoms with E-state index in [9.17, 15) is 9.59 Å². The standard InChI is InChI=1S/C25H30ClN5O3/c26-19-4-5-21(28-15-19)16-31-17-24(34-25(7-8-25)22(31)32)9-12-30(13-10-24)11-6-18-2-1-3-20(14-18)29-23(27)33/h1-5,14-15H,6-13,16-17H2,(H3,27,29,33). The Morgan fingerprint density at radius 2 is 1.97 bits per heavy atom. The first-order chi connectivity index (χ1) is 16.3. The van der Waals surface area contributed by atoms with Gasteiger partial charge in [0.1, 0.15) is 5.60 Å². The molecule has 1 aromatic carbocycles. The van der Waals surface area contributed by atoms with Gasteiger partial charge in [0.15, 0.2) is 0 Å². The Kier molecular flexibility index (Phi) is 6.22.